The molecule has 16 heavy (non-hydrogen) atoms. The average Bonchev–Trinajstić information content (AvgIpc) is 2.28. The Labute approximate surface area is 100 Å². The lowest BCUT2D eigenvalue weighted by atomic mass is 9.70. The van der Waals surface area contributed by atoms with E-state index in [2.05, 4.69) is 31.0 Å². The first-order chi connectivity index (χ1) is 7.64. The maximum atomic E-state index is 5.99. The first kappa shape index (κ1) is 13.5. The van der Waals surface area contributed by atoms with Crippen LogP contribution in [-0.4, -0.2) is 18.6 Å². The quantitative estimate of drug-likeness (QED) is 0.565. The van der Waals surface area contributed by atoms with E-state index < -0.39 is 0 Å². The van der Waals surface area contributed by atoms with E-state index in [1.165, 1.54) is 19.3 Å². The van der Waals surface area contributed by atoms with Crippen LogP contribution >= 0.6 is 0 Å². The lowest BCUT2D eigenvalue weighted by Crippen LogP contribution is -2.58. The maximum absolute atomic E-state index is 5.99. The molecule has 1 aliphatic rings. The Hall–Kier alpha value is -0.520. The molecular weight excluding hydrogens is 196 g/mol. The molecule has 1 aliphatic carbocycles. The minimum atomic E-state index is 0.169. The molecular formula is C14H26N2. The molecule has 0 aliphatic heterocycles. The van der Waals surface area contributed by atoms with Crippen LogP contribution in [0.5, 0.6) is 0 Å². The van der Waals surface area contributed by atoms with Gasteiger partial charge in [-0.25, -0.2) is 0 Å². The summed E-state index contributed by atoms with van der Waals surface area (Å²) in [6.45, 7) is 8.29. The molecule has 1 saturated carbocycles. The molecule has 0 amide bonds. The summed E-state index contributed by atoms with van der Waals surface area (Å²) in [4.78, 5) is 0. The van der Waals surface area contributed by atoms with Crippen LogP contribution in [0.2, 0.25) is 0 Å². The Morgan fingerprint density at radius 1 is 1.44 bits per heavy atom. The second-order valence-electron chi connectivity index (χ2n) is 5.24. The zero-order chi connectivity index (χ0) is 12.0. The highest BCUT2D eigenvalue weighted by atomic mass is 15.0. The standard InChI is InChI=1S/C14H26N2/c1-4-5-6-9-16-14(11-15)8-7-12(2)10-13(14)3/h12-13,16H,6-11,15H2,1-3H3. The molecule has 0 aromatic heterocycles. The fourth-order valence-corrected chi connectivity index (χ4v) is 2.83. The molecule has 2 heteroatoms. The lowest BCUT2D eigenvalue weighted by molar-refractivity contribution is 0.131. The molecule has 3 atom stereocenters. The van der Waals surface area contributed by atoms with E-state index in [9.17, 15) is 0 Å². The number of rotatable bonds is 4. The average molecular weight is 222 g/mol. The number of nitrogens with two attached hydrogens (primary N) is 1. The highest BCUT2D eigenvalue weighted by Crippen LogP contribution is 2.36. The maximum Gasteiger partial charge on any atom is 0.0330 e. The van der Waals surface area contributed by atoms with Crippen molar-refractivity contribution in [1.82, 2.24) is 5.32 Å². The van der Waals surface area contributed by atoms with Crippen molar-refractivity contribution in [2.75, 3.05) is 13.1 Å². The lowest BCUT2D eigenvalue weighted by Gasteiger charge is -2.45. The van der Waals surface area contributed by atoms with Gasteiger partial charge < -0.3 is 11.1 Å². The van der Waals surface area contributed by atoms with Crippen LogP contribution in [0, 0.1) is 23.7 Å². The van der Waals surface area contributed by atoms with E-state index in [1.807, 2.05) is 6.92 Å². The summed E-state index contributed by atoms with van der Waals surface area (Å²) in [6.07, 6.45) is 4.74. The van der Waals surface area contributed by atoms with E-state index in [0.29, 0.717) is 5.92 Å². The number of nitrogens with one attached hydrogen (secondary N) is 1. The molecule has 2 nitrogen and oxygen atoms in total. The fraction of sp³-hybridized carbons (Fsp3) is 0.857. The first-order valence-corrected chi connectivity index (χ1v) is 6.49. The van der Waals surface area contributed by atoms with Crippen LogP contribution in [0.1, 0.15) is 46.5 Å². The second kappa shape index (κ2) is 6.27. The van der Waals surface area contributed by atoms with Crippen molar-refractivity contribution >= 4 is 0 Å². The van der Waals surface area contributed by atoms with E-state index in [1.54, 1.807) is 0 Å². The topological polar surface area (TPSA) is 38.0 Å². The van der Waals surface area contributed by atoms with Crippen LogP contribution in [0.3, 0.4) is 0 Å². The van der Waals surface area contributed by atoms with Gasteiger partial charge in [-0.2, -0.15) is 0 Å². The predicted octanol–water partition coefficient (Wildman–Crippen LogP) is 2.14. The zero-order valence-electron chi connectivity index (χ0n) is 11.0. The molecule has 0 aromatic rings. The molecule has 3 N–H and O–H groups in total. The Bertz CT molecular complexity index is 264. The van der Waals surface area contributed by atoms with Gasteiger partial charge in [0.25, 0.3) is 0 Å². The Morgan fingerprint density at radius 2 is 2.19 bits per heavy atom. The van der Waals surface area contributed by atoms with Crippen molar-refractivity contribution in [2.24, 2.45) is 17.6 Å². The molecule has 0 bridgehead atoms. The van der Waals surface area contributed by atoms with Crippen LogP contribution in [0.15, 0.2) is 0 Å². The molecule has 1 fully saturated rings. The summed E-state index contributed by atoms with van der Waals surface area (Å²) >= 11 is 0. The van der Waals surface area contributed by atoms with E-state index in [-0.39, 0.29) is 5.54 Å². The summed E-state index contributed by atoms with van der Waals surface area (Å²) in [7, 11) is 0. The number of hydrogen-bond acceptors (Lipinski definition) is 2. The fourth-order valence-electron chi connectivity index (χ4n) is 2.83. The minimum absolute atomic E-state index is 0.169. The van der Waals surface area contributed by atoms with E-state index in [4.69, 9.17) is 5.73 Å². The van der Waals surface area contributed by atoms with Crippen LogP contribution in [0.25, 0.3) is 0 Å². The van der Waals surface area contributed by atoms with Gasteiger partial charge in [-0.05, 0) is 38.0 Å². The third-order valence-corrected chi connectivity index (χ3v) is 4.05. The monoisotopic (exact) mass is 222 g/mol. The predicted molar refractivity (Wildman–Crippen MR) is 70.0 cm³/mol. The Balaban J connectivity index is 2.51. The summed E-state index contributed by atoms with van der Waals surface area (Å²) < 4.78 is 0. The first-order valence-electron chi connectivity index (χ1n) is 6.49. The van der Waals surface area contributed by atoms with Crippen LogP contribution in [-0.2, 0) is 0 Å². The normalized spacial score (nSPS) is 34.2. The van der Waals surface area contributed by atoms with Crippen molar-refractivity contribution in [1.29, 1.82) is 0 Å². The highest BCUT2D eigenvalue weighted by molar-refractivity contribution is 5.00. The largest absolute Gasteiger partial charge is 0.329 e. The van der Waals surface area contributed by atoms with Gasteiger partial charge in [-0.3, -0.25) is 0 Å². The minimum Gasteiger partial charge on any atom is -0.329 e. The zero-order valence-corrected chi connectivity index (χ0v) is 11.0. The van der Waals surface area contributed by atoms with Gasteiger partial charge in [-0.1, -0.05) is 13.8 Å². The van der Waals surface area contributed by atoms with Crippen molar-refractivity contribution in [2.45, 2.75) is 52.0 Å². The molecule has 3 unspecified atom stereocenters. The second-order valence-corrected chi connectivity index (χ2v) is 5.24. The van der Waals surface area contributed by atoms with Crippen molar-refractivity contribution in [3.63, 3.8) is 0 Å². The Morgan fingerprint density at radius 3 is 2.75 bits per heavy atom. The summed E-state index contributed by atoms with van der Waals surface area (Å²) in [5, 5.41) is 3.66. The Kier molecular flexibility index (Phi) is 5.31. The molecule has 0 aromatic carbocycles. The van der Waals surface area contributed by atoms with Crippen molar-refractivity contribution in [3.05, 3.63) is 0 Å². The van der Waals surface area contributed by atoms with Crippen LogP contribution in [0.4, 0.5) is 0 Å². The van der Waals surface area contributed by atoms with Gasteiger partial charge in [0, 0.05) is 25.0 Å². The number of hydrogen-bond donors (Lipinski definition) is 2. The van der Waals surface area contributed by atoms with Gasteiger partial charge in [-0.15, -0.1) is 11.8 Å². The summed E-state index contributed by atoms with van der Waals surface area (Å²) in [6, 6.07) is 0. The molecule has 0 saturated heterocycles. The van der Waals surface area contributed by atoms with E-state index >= 15 is 0 Å². The van der Waals surface area contributed by atoms with Gasteiger partial charge in [0.15, 0.2) is 0 Å². The highest BCUT2D eigenvalue weighted by Gasteiger charge is 2.38. The van der Waals surface area contributed by atoms with Gasteiger partial charge in [0.05, 0.1) is 0 Å². The van der Waals surface area contributed by atoms with Crippen molar-refractivity contribution in [3.8, 4) is 11.8 Å². The van der Waals surface area contributed by atoms with Crippen molar-refractivity contribution < 1.29 is 0 Å². The molecule has 0 radical (unpaired) electrons. The molecule has 0 spiro atoms. The molecule has 92 valence electrons. The summed E-state index contributed by atoms with van der Waals surface area (Å²) in [5.74, 6) is 7.56. The third kappa shape index (κ3) is 3.23. The molecule has 0 heterocycles. The third-order valence-electron chi connectivity index (χ3n) is 4.05. The van der Waals surface area contributed by atoms with Gasteiger partial charge >= 0.3 is 0 Å². The van der Waals surface area contributed by atoms with Crippen LogP contribution < -0.4 is 11.1 Å². The smallest absolute Gasteiger partial charge is 0.0330 e. The molecule has 1 rings (SSSR count). The SMILES string of the molecule is CC#CCCNC1(CN)CCC(C)CC1C. The van der Waals surface area contributed by atoms with Gasteiger partial charge in [0.2, 0.25) is 0 Å². The van der Waals surface area contributed by atoms with E-state index in [0.717, 1.165) is 25.4 Å². The van der Waals surface area contributed by atoms with Gasteiger partial charge in [0.1, 0.15) is 0 Å². The summed E-state index contributed by atoms with van der Waals surface area (Å²) in [5.41, 5.74) is 6.16.